The third-order valence-electron chi connectivity index (χ3n) is 4.08. The molecule has 0 saturated heterocycles. The molecule has 0 unspecified atom stereocenters. The first-order chi connectivity index (χ1) is 13.9. The molecule has 0 saturated carbocycles. The maximum atomic E-state index is 12.5. The van der Waals surface area contributed by atoms with Crippen LogP contribution in [-0.2, 0) is 6.61 Å². The summed E-state index contributed by atoms with van der Waals surface area (Å²) in [5.74, 6) is 1.60. The monoisotopic (exact) mass is 394 g/mol. The molecule has 3 rings (SSSR count). The number of aromatic nitrogens is 2. The van der Waals surface area contributed by atoms with E-state index in [9.17, 15) is 4.79 Å². The van der Waals surface area contributed by atoms with Crippen LogP contribution in [0.25, 0.3) is 5.69 Å². The minimum Gasteiger partial charge on any atom is -0.493 e. The molecule has 1 heterocycles. The van der Waals surface area contributed by atoms with Crippen LogP contribution in [-0.4, -0.2) is 23.5 Å². The van der Waals surface area contributed by atoms with Gasteiger partial charge in [-0.05, 0) is 23.1 Å². The van der Waals surface area contributed by atoms with Gasteiger partial charge in [0.25, 0.3) is 5.56 Å². The molecule has 0 N–H and O–H groups in total. The van der Waals surface area contributed by atoms with Crippen molar-refractivity contribution in [1.82, 2.24) is 9.78 Å². The first-order valence-electron chi connectivity index (χ1n) is 9.43. The van der Waals surface area contributed by atoms with Crippen molar-refractivity contribution in [2.75, 3.05) is 13.7 Å². The van der Waals surface area contributed by atoms with Crippen LogP contribution in [0, 0.1) is 5.41 Å². The standard InChI is InChI=1S/C23H26N2O4/c1-23(2,3)16-29-20-11-10-18(12-21(20)27-4)25-22(26)13-19(14-24-25)28-15-17-8-6-5-7-9-17/h5-14H,15-16H2,1-4H3. The summed E-state index contributed by atoms with van der Waals surface area (Å²) < 4.78 is 18.3. The quantitative estimate of drug-likeness (QED) is 0.600. The van der Waals surface area contributed by atoms with Crippen molar-refractivity contribution in [2.45, 2.75) is 27.4 Å². The van der Waals surface area contributed by atoms with Crippen LogP contribution in [0.5, 0.6) is 17.2 Å². The number of nitrogens with zero attached hydrogens (tertiary/aromatic N) is 2. The van der Waals surface area contributed by atoms with Gasteiger partial charge in [0.2, 0.25) is 0 Å². The van der Waals surface area contributed by atoms with Crippen LogP contribution in [0.2, 0.25) is 0 Å². The Morgan fingerprint density at radius 3 is 2.38 bits per heavy atom. The van der Waals surface area contributed by atoms with Gasteiger partial charge >= 0.3 is 0 Å². The van der Waals surface area contributed by atoms with Crippen molar-refractivity contribution in [2.24, 2.45) is 5.41 Å². The van der Waals surface area contributed by atoms with Gasteiger partial charge in [0.15, 0.2) is 11.5 Å². The highest BCUT2D eigenvalue weighted by molar-refractivity contribution is 5.48. The topological polar surface area (TPSA) is 62.6 Å². The second-order valence-corrected chi connectivity index (χ2v) is 7.90. The summed E-state index contributed by atoms with van der Waals surface area (Å²) in [6.07, 6.45) is 1.53. The van der Waals surface area contributed by atoms with Gasteiger partial charge in [0.1, 0.15) is 12.4 Å². The molecule has 0 fully saturated rings. The first-order valence-corrected chi connectivity index (χ1v) is 9.43. The molecular weight excluding hydrogens is 368 g/mol. The van der Waals surface area contributed by atoms with Crippen LogP contribution in [0.4, 0.5) is 0 Å². The normalized spacial score (nSPS) is 11.2. The van der Waals surface area contributed by atoms with E-state index < -0.39 is 0 Å². The molecule has 1 aromatic heterocycles. The number of ether oxygens (including phenoxy) is 3. The van der Waals surface area contributed by atoms with Gasteiger partial charge < -0.3 is 14.2 Å². The second kappa shape index (κ2) is 8.82. The Morgan fingerprint density at radius 1 is 0.966 bits per heavy atom. The van der Waals surface area contributed by atoms with Crippen molar-refractivity contribution >= 4 is 0 Å². The molecule has 3 aromatic rings. The number of hydrogen-bond donors (Lipinski definition) is 0. The Morgan fingerprint density at radius 2 is 1.72 bits per heavy atom. The lowest BCUT2D eigenvalue weighted by Crippen LogP contribution is -2.20. The van der Waals surface area contributed by atoms with E-state index in [1.165, 1.54) is 16.9 Å². The van der Waals surface area contributed by atoms with E-state index in [0.29, 0.717) is 36.1 Å². The van der Waals surface area contributed by atoms with E-state index in [1.54, 1.807) is 25.3 Å². The third kappa shape index (κ3) is 5.60. The molecule has 6 nitrogen and oxygen atoms in total. The zero-order chi connectivity index (χ0) is 20.9. The number of hydrogen-bond acceptors (Lipinski definition) is 5. The fourth-order valence-corrected chi connectivity index (χ4v) is 2.61. The Kier molecular flexibility index (Phi) is 6.22. The van der Waals surface area contributed by atoms with E-state index in [-0.39, 0.29) is 11.0 Å². The van der Waals surface area contributed by atoms with Crippen LogP contribution >= 0.6 is 0 Å². The predicted octanol–water partition coefficient (Wildman–Crippen LogP) is 4.25. The maximum absolute atomic E-state index is 12.5. The lowest BCUT2D eigenvalue weighted by molar-refractivity contribution is 0.191. The van der Waals surface area contributed by atoms with Crippen molar-refractivity contribution in [3.8, 4) is 22.9 Å². The van der Waals surface area contributed by atoms with Gasteiger partial charge in [-0.25, -0.2) is 0 Å². The highest BCUT2D eigenvalue weighted by atomic mass is 16.5. The highest BCUT2D eigenvalue weighted by Gasteiger charge is 2.14. The molecule has 0 aliphatic rings. The van der Waals surface area contributed by atoms with Gasteiger partial charge in [-0.3, -0.25) is 4.79 Å². The highest BCUT2D eigenvalue weighted by Crippen LogP contribution is 2.30. The third-order valence-corrected chi connectivity index (χ3v) is 4.08. The summed E-state index contributed by atoms with van der Waals surface area (Å²) in [5.41, 5.74) is 1.34. The summed E-state index contributed by atoms with van der Waals surface area (Å²) >= 11 is 0. The van der Waals surface area contributed by atoms with Crippen LogP contribution in [0.15, 0.2) is 65.6 Å². The van der Waals surface area contributed by atoms with Crippen LogP contribution in [0.1, 0.15) is 26.3 Å². The average Bonchev–Trinajstić information content (AvgIpc) is 2.71. The maximum Gasteiger partial charge on any atom is 0.275 e. The average molecular weight is 394 g/mol. The number of benzene rings is 2. The molecule has 0 spiro atoms. The molecule has 0 amide bonds. The minimum absolute atomic E-state index is 0.0256. The fraction of sp³-hybridized carbons (Fsp3) is 0.304. The summed E-state index contributed by atoms with van der Waals surface area (Å²) in [7, 11) is 1.57. The van der Waals surface area contributed by atoms with E-state index in [1.807, 2.05) is 30.3 Å². The summed E-state index contributed by atoms with van der Waals surface area (Å²) in [6, 6.07) is 16.5. The first kappa shape index (κ1) is 20.5. The van der Waals surface area contributed by atoms with E-state index in [2.05, 4.69) is 25.9 Å². The molecule has 0 bridgehead atoms. The summed E-state index contributed by atoms with van der Waals surface area (Å²) in [4.78, 5) is 12.5. The van der Waals surface area contributed by atoms with Crippen LogP contribution < -0.4 is 19.8 Å². The van der Waals surface area contributed by atoms with Crippen LogP contribution in [0.3, 0.4) is 0 Å². The Bertz CT molecular complexity index is 1010. The molecular formula is C23H26N2O4. The van der Waals surface area contributed by atoms with Gasteiger partial charge in [-0.1, -0.05) is 51.1 Å². The Labute approximate surface area is 170 Å². The molecule has 2 aromatic carbocycles. The fourth-order valence-electron chi connectivity index (χ4n) is 2.61. The minimum atomic E-state index is -0.291. The van der Waals surface area contributed by atoms with Gasteiger partial charge in [-0.2, -0.15) is 9.78 Å². The zero-order valence-electron chi connectivity index (χ0n) is 17.2. The molecule has 29 heavy (non-hydrogen) atoms. The molecule has 152 valence electrons. The number of rotatable bonds is 7. The largest absolute Gasteiger partial charge is 0.493 e. The van der Waals surface area contributed by atoms with E-state index in [0.717, 1.165) is 5.56 Å². The Hall–Kier alpha value is -3.28. The smallest absolute Gasteiger partial charge is 0.275 e. The van der Waals surface area contributed by atoms with Gasteiger partial charge in [0, 0.05) is 12.1 Å². The van der Waals surface area contributed by atoms with E-state index >= 15 is 0 Å². The zero-order valence-corrected chi connectivity index (χ0v) is 17.2. The second-order valence-electron chi connectivity index (χ2n) is 7.90. The van der Waals surface area contributed by atoms with E-state index in [4.69, 9.17) is 14.2 Å². The summed E-state index contributed by atoms with van der Waals surface area (Å²) in [6.45, 7) is 7.21. The van der Waals surface area contributed by atoms with Gasteiger partial charge in [0.05, 0.1) is 25.6 Å². The van der Waals surface area contributed by atoms with Crippen molar-refractivity contribution < 1.29 is 14.2 Å². The SMILES string of the molecule is COc1cc(-n2ncc(OCc3ccccc3)cc2=O)ccc1OCC(C)(C)C. The molecule has 0 atom stereocenters. The molecule has 0 aliphatic heterocycles. The van der Waals surface area contributed by atoms with Crippen molar-refractivity contribution in [3.63, 3.8) is 0 Å². The lowest BCUT2D eigenvalue weighted by atomic mass is 9.99. The van der Waals surface area contributed by atoms with Crippen molar-refractivity contribution in [3.05, 3.63) is 76.7 Å². The Balaban J connectivity index is 1.77. The molecule has 6 heteroatoms. The van der Waals surface area contributed by atoms with Gasteiger partial charge in [-0.15, -0.1) is 0 Å². The predicted molar refractivity (Wildman–Crippen MR) is 112 cm³/mol. The van der Waals surface area contributed by atoms with Crippen molar-refractivity contribution in [1.29, 1.82) is 0 Å². The molecule has 0 radical (unpaired) electrons. The summed E-state index contributed by atoms with van der Waals surface area (Å²) in [5, 5.41) is 4.23. The lowest BCUT2D eigenvalue weighted by Gasteiger charge is -2.20. The molecule has 0 aliphatic carbocycles. The number of methoxy groups -OCH3 is 1.